The number of hydrogen-bond donors (Lipinski definition) is 1. The van der Waals surface area contributed by atoms with Crippen LogP contribution in [0.4, 0.5) is 0 Å². The van der Waals surface area contributed by atoms with Crippen LogP contribution in [0, 0.1) is 5.92 Å². The van der Waals surface area contributed by atoms with Crippen LogP contribution in [-0.4, -0.2) is 5.54 Å². The predicted molar refractivity (Wildman–Crippen MR) is 51.6 cm³/mol. The van der Waals surface area contributed by atoms with Crippen LogP contribution in [0.2, 0.25) is 0 Å². The molecule has 0 aromatic rings. The molecule has 2 atom stereocenters. The molecule has 2 N–H and O–H groups in total. The third-order valence-electron chi connectivity index (χ3n) is 2.71. The molecule has 0 aromatic heterocycles. The van der Waals surface area contributed by atoms with E-state index < -0.39 is 0 Å². The van der Waals surface area contributed by atoms with E-state index in [0.29, 0.717) is 0 Å². The van der Waals surface area contributed by atoms with Crippen LogP contribution >= 0.6 is 0 Å². The monoisotopic (exact) mass is 157 g/mol. The second-order valence-corrected chi connectivity index (χ2v) is 4.06. The van der Waals surface area contributed by atoms with E-state index in [-0.39, 0.29) is 5.54 Å². The Morgan fingerprint density at radius 1 is 1.36 bits per heavy atom. The zero-order valence-electron chi connectivity index (χ0n) is 8.48. The second kappa shape index (κ2) is 4.76. The number of hydrogen-bond acceptors (Lipinski definition) is 1. The Hall–Kier alpha value is -0.0400. The standard InChI is InChI=1S/C10H23N/c1-5-9(3)7-8-10(4,11)6-2/h9H,5-8,11H2,1-4H3. The van der Waals surface area contributed by atoms with E-state index in [2.05, 4.69) is 27.7 Å². The number of rotatable bonds is 5. The van der Waals surface area contributed by atoms with Gasteiger partial charge in [-0.3, -0.25) is 0 Å². The topological polar surface area (TPSA) is 26.0 Å². The van der Waals surface area contributed by atoms with E-state index in [9.17, 15) is 0 Å². The van der Waals surface area contributed by atoms with Crippen molar-refractivity contribution in [2.75, 3.05) is 0 Å². The van der Waals surface area contributed by atoms with Gasteiger partial charge in [0.15, 0.2) is 0 Å². The maximum absolute atomic E-state index is 6.02. The minimum Gasteiger partial charge on any atom is -0.325 e. The van der Waals surface area contributed by atoms with Crippen LogP contribution in [0.5, 0.6) is 0 Å². The van der Waals surface area contributed by atoms with E-state index >= 15 is 0 Å². The van der Waals surface area contributed by atoms with Crippen LogP contribution in [0.25, 0.3) is 0 Å². The first-order valence-electron chi connectivity index (χ1n) is 4.80. The molecule has 0 aliphatic carbocycles. The summed E-state index contributed by atoms with van der Waals surface area (Å²) < 4.78 is 0. The molecule has 0 fully saturated rings. The highest BCUT2D eigenvalue weighted by Crippen LogP contribution is 2.18. The molecule has 0 radical (unpaired) electrons. The molecule has 0 aromatic carbocycles. The van der Waals surface area contributed by atoms with Crippen LogP contribution in [0.3, 0.4) is 0 Å². The molecular formula is C10H23N. The summed E-state index contributed by atoms with van der Waals surface area (Å²) in [5.41, 5.74) is 6.09. The van der Waals surface area contributed by atoms with Crippen LogP contribution in [0.1, 0.15) is 53.4 Å². The summed E-state index contributed by atoms with van der Waals surface area (Å²) in [6.45, 7) is 8.85. The van der Waals surface area contributed by atoms with Crippen molar-refractivity contribution in [2.24, 2.45) is 11.7 Å². The van der Waals surface area contributed by atoms with Crippen molar-refractivity contribution in [2.45, 2.75) is 58.9 Å². The minimum atomic E-state index is 0.0728. The largest absolute Gasteiger partial charge is 0.325 e. The maximum atomic E-state index is 6.02. The maximum Gasteiger partial charge on any atom is 0.0123 e. The molecule has 2 unspecified atom stereocenters. The van der Waals surface area contributed by atoms with Crippen LogP contribution < -0.4 is 5.73 Å². The van der Waals surface area contributed by atoms with E-state index in [1.807, 2.05) is 0 Å². The summed E-state index contributed by atoms with van der Waals surface area (Å²) in [7, 11) is 0. The molecule has 0 aliphatic heterocycles. The highest BCUT2D eigenvalue weighted by atomic mass is 14.7. The molecule has 68 valence electrons. The Morgan fingerprint density at radius 2 is 1.91 bits per heavy atom. The van der Waals surface area contributed by atoms with Crippen LogP contribution in [0.15, 0.2) is 0 Å². The molecular weight excluding hydrogens is 134 g/mol. The Morgan fingerprint density at radius 3 is 2.27 bits per heavy atom. The second-order valence-electron chi connectivity index (χ2n) is 4.06. The molecule has 1 heteroatoms. The molecule has 0 heterocycles. The van der Waals surface area contributed by atoms with Gasteiger partial charge in [-0.15, -0.1) is 0 Å². The average Bonchev–Trinajstić information content (AvgIpc) is 2.00. The molecule has 0 amide bonds. The Bertz CT molecular complexity index is 97.0. The summed E-state index contributed by atoms with van der Waals surface area (Å²) in [6.07, 6.45) is 4.80. The van der Waals surface area contributed by atoms with Crippen molar-refractivity contribution in [3.8, 4) is 0 Å². The predicted octanol–water partition coefficient (Wildman–Crippen LogP) is 2.94. The summed E-state index contributed by atoms with van der Waals surface area (Å²) in [4.78, 5) is 0. The lowest BCUT2D eigenvalue weighted by Gasteiger charge is -2.24. The first-order valence-corrected chi connectivity index (χ1v) is 4.80. The van der Waals surface area contributed by atoms with E-state index in [4.69, 9.17) is 5.73 Å². The van der Waals surface area contributed by atoms with Gasteiger partial charge in [-0.1, -0.05) is 27.2 Å². The summed E-state index contributed by atoms with van der Waals surface area (Å²) in [5, 5.41) is 0. The molecule has 0 rings (SSSR count). The fourth-order valence-electron chi connectivity index (χ4n) is 0.957. The summed E-state index contributed by atoms with van der Waals surface area (Å²) in [5.74, 6) is 0.837. The van der Waals surface area contributed by atoms with E-state index in [1.165, 1.54) is 19.3 Å². The first kappa shape index (κ1) is 11.0. The van der Waals surface area contributed by atoms with Gasteiger partial charge in [-0.2, -0.15) is 0 Å². The summed E-state index contributed by atoms with van der Waals surface area (Å²) >= 11 is 0. The van der Waals surface area contributed by atoms with E-state index in [0.717, 1.165) is 12.3 Å². The van der Waals surface area contributed by atoms with Gasteiger partial charge in [0.05, 0.1) is 0 Å². The Kier molecular flexibility index (Phi) is 4.74. The smallest absolute Gasteiger partial charge is 0.0123 e. The van der Waals surface area contributed by atoms with Gasteiger partial charge < -0.3 is 5.73 Å². The first-order chi connectivity index (χ1) is 5.02. The van der Waals surface area contributed by atoms with E-state index in [1.54, 1.807) is 0 Å². The molecule has 0 saturated heterocycles. The van der Waals surface area contributed by atoms with Crippen molar-refractivity contribution in [3.63, 3.8) is 0 Å². The van der Waals surface area contributed by atoms with Gasteiger partial charge in [0, 0.05) is 5.54 Å². The SMILES string of the molecule is CCC(C)CCC(C)(N)CC. The third kappa shape index (κ3) is 5.25. The van der Waals surface area contributed by atoms with Crippen LogP contribution in [-0.2, 0) is 0 Å². The fourth-order valence-corrected chi connectivity index (χ4v) is 0.957. The van der Waals surface area contributed by atoms with Crippen molar-refractivity contribution in [1.29, 1.82) is 0 Å². The minimum absolute atomic E-state index is 0.0728. The van der Waals surface area contributed by atoms with Crippen molar-refractivity contribution in [1.82, 2.24) is 0 Å². The van der Waals surface area contributed by atoms with Gasteiger partial charge in [-0.05, 0) is 32.1 Å². The summed E-state index contributed by atoms with van der Waals surface area (Å²) in [6, 6.07) is 0. The molecule has 11 heavy (non-hydrogen) atoms. The third-order valence-corrected chi connectivity index (χ3v) is 2.71. The fraction of sp³-hybridized carbons (Fsp3) is 1.00. The van der Waals surface area contributed by atoms with Gasteiger partial charge in [0.25, 0.3) is 0 Å². The highest BCUT2D eigenvalue weighted by Gasteiger charge is 2.15. The van der Waals surface area contributed by atoms with Crippen molar-refractivity contribution < 1.29 is 0 Å². The molecule has 0 aliphatic rings. The quantitative estimate of drug-likeness (QED) is 0.652. The lowest BCUT2D eigenvalue weighted by atomic mass is 9.89. The zero-order valence-corrected chi connectivity index (χ0v) is 8.48. The normalized spacial score (nSPS) is 19.4. The lowest BCUT2D eigenvalue weighted by molar-refractivity contribution is 0.361. The zero-order chi connectivity index (χ0) is 8.91. The van der Waals surface area contributed by atoms with Crippen molar-refractivity contribution in [3.05, 3.63) is 0 Å². The Labute approximate surface area is 71.4 Å². The van der Waals surface area contributed by atoms with Gasteiger partial charge in [0.1, 0.15) is 0 Å². The Balaban J connectivity index is 3.52. The molecule has 0 bridgehead atoms. The van der Waals surface area contributed by atoms with Crippen molar-refractivity contribution >= 4 is 0 Å². The highest BCUT2D eigenvalue weighted by molar-refractivity contribution is 4.76. The van der Waals surface area contributed by atoms with Gasteiger partial charge in [0.2, 0.25) is 0 Å². The van der Waals surface area contributed by atoms with Gasteiger partial charge >= 0.3 is 0 Å². The molecule has 0 saturated carbocycles. The average molecular weight is 157 g/mol. The lowest BCUT2D eigenvalue weighted by Crippen LogP contribution is -2.35. The van der Waals surface area contributed by atoms with Gasteiger partial charge in [-0.25, -0.2) is 0 Å². The molecule has 1 nitrogen and oxygen atoms in total. The molecule has 0 spiro atoms. The number of nitrogens with two attached hydrogens (primary N) is 1.